The molecule has 1 aliphatic carbocycles. The molecule has 2 heterocycles. The first kappa shape index (κ1) is 24.8. The van der Waals surface area contributed by atoms with Crippen LogP contribution < -0.4 is 0 Å². The second kappa shape index (κ2) is 8.42. The van der Waals surface area contributed by atoms with E-state index in [-0.39, 0.29) is 23.3 Å². The van der Waals surface area contributed by atoms with Crippen LogP contribution >= 0.6 is 0 Å². The molecule has 1 aromatic heterocycles. The lowest BCUT2D eigenvalue weighted by Crippen LogP contribution is -2.47. The molecule has 0 amide bonds. The molecule has 1 aromatic carbocycles. The van der Waals surface area contributed by atoms with E-state index < -0.39 is 40.0 Å². The molecule has 10 heteroatoms. The van der Waals surface area contributed by atoms with Crippen LogP contribution in [0.3, 0.4) is 0 Å². The van der Waals surface area contributed by atoms with Crippen molar-refractivity contribution >= 4 is 16.0 Å². The van der Waals surface area contributed by atoms with Gasteiger partial charge in [0.15, 0.2) is 0 Å². The highest BCUT2D eigenvalue weighted by atomic mass is 32.2. The number of carboxylic acids is 1. The van der Waals surface area contributed by atoms with Gasteiger partial charge in [-0.1, -0.05) is 32.0 Å². The van der Waals surface area contributed by atoms with Gasteiger partial charge in [0.05, 0.1) is 4.90 Å². The lowest BCUT2D eigenvalue weighted by Gasteiger charge is -2.42. The third-order valence-electron chi connectivity index (χ3n) is 7.25. The van der Waals surface area contributed by atoms with Crippen LogP contribution in [0.2, 0.25) is 0 Å². The summed E-state index contributed by atoms with van der Waals surface area (Å²) in [4.78, 5) is 11.7. The van der Waals surface area contributed by atoms with Gasteiger partial charge in [0.2, 0.25) is 10.0 Å². The van der Waals surface area contributed by atoms with Crippen LogP contribution in [-0.2, 0) is 34.2 Å². The third kappa shape index (κ3) is 3.85. The molecule has 1 fully saturated rings. The molecule has 34 heavy (non-hydrogen) atoms. The number of carboxylic acid groups (broad SMARTS) is 1. The van der Waals surface area contributed by atoms with Crippen LogP contribution in [0.15, 0.2) is 29.2 Å². The normalized spacial score (nSPS) is 22.0. The third-order valence-corrected chi connectivity index (χ3v) is 9.25. The van der Waals surface area contributed by atoms with E-state index in [1.54, 1.807) is 25.1 Å². The van der Waals surface area contributed by atoms with Gasteiger partial charge in [-0.15, -0.1) is 0 Å². The minimum Gasteiger partial charge on any atom is -0.480 e. The second-order valence-corrected chi connectivity index (χ2v) is 11.8. The largest absolute Gasteiger partial charge is 0.480 e. The average molecular weight is 497 g/mol. The first-order chi connectivity index (χ1) is 15.8. The first-order valence-corrected chi connectivity index (χ1v) is 12.8. The van der Waals surface area contributed by atoms with E-state index in [0.717, 1.165) is 12.8 Å². The number of alkyl halides is 2. The quantitative estimate of drug-likeness (QED) is 0.638. The second-order valence-electron chi connectivity index (χ2n) is 9.89. The fourth-order valence-corrected chi connectivity index (χ4v) is 6.95. The molecule has 186 valence electrons. The van der Waals surface area contributed by atoms with E-state index in [9.17, 15) is 23.4 Å². The van der Waals surface area contributed by atoms with Crippen molar-refractivity contribution in [2.24, 2.45) is 5.41 Å². The number of rotatable bonds is 6. The van der Waals surface area contributed by atoms with Gasteiger partial charge in [-0.25, -0.2) is 17.2 Å². The van der Waals surface area contributed by atoms with Crippen LogP contribution in [0, 0.1) is 12.3 Å². The zero-order valence-corrected chi connectivity index (χ0v) is 20.3. The fraction of sp³-hybridized carbons (Fsp3) is 0.542. The highest BCUT2D eigenvalue weighted by molar-refractivity contribution is 7.89. The van der Waals surface area contributed by atoms with Gasteiger partial charge in [-0.2, -0.15) is 4.31 Å². The number of aliphatic carboxylic acids is 1. The minimum atomic E-state index is -3.77. The molecule has 2 aromatic rings. The van der Waals surface area contributed by atoms with E-state index >= 15 is 8.78 Å². The summed E-state index contributed by atoms with van der Waals surface area (Å²) < 4.78 is 59.8. The molecule has 1 atom stereocenters. The number of carbonyl (C=O) groups is 1. The number of hydrogen-bond donors (Lipinski definition) is 2. The van der Waals surface area contributed by atoms with E-state index in [4.69, 9.17) is 0 Å². The number of aromatic nitrogens is 1. The summed E-state index contributed by atoms with van der Waals surface area (Å²) in [6.45, 7) is 4.76. The topological polar surface area (TPSA) is 99.8 Å². The van der Waals surface area contributed by atoms with Gasteiger partial charge in [0.25, 0.3) is 5.92 Å². The van der Waals surface area contributed by atoms with Gasteiger partial charge in [0.1, 0.15) is 12.6 Å². The lowest BCUT2D eigenvalue weighted by molar-refractivity contribution is -0.192. The van der Waals surface area contributed by atoms with E-state index in [1.807, 2.05) is 0 Å². The predicted molar refractivity (Wildman–Crippen MR) is 121 cm³/mol. The van der Waals surface area contributed by atoms with E-state index in [1.165, 1.54) is 28.8 Å². The number of sulfonamides is 1. The summed E-state index contributed by atoms with van der Waals surface area (Å²) in [7, 11) is -3.77. The SMILES string of the molecule is Cc1c(Cc2ccccc2S(=O)(=O)N2CCCC2)c2c(n1CC(=O)O)CC(C)(C)C(F)(F)C2O. The molecule has 2 aliphatic rings. The Morgan fingerprint density at radius 3 is 2.41 bits per heavy atom. The highest BCUT2D eigenvalue weighted by Gasteiger charge is 2.58. The van der Waals surface area contributed by atoms with Crippen molar-refractivity contribution in [3.63, 3.8) is 0 Å². The van der Waals surface area contributed by atoms with E-state index in [0.29, 0.717) is 35.6 Å². The molecular formula is C24H30F2N2O5S. The zero-order chi connectivity index (χ0) is 25.1. The number of hydrogen-bond acceptors (Lipinski definition) is 4. The Morgan fingerprint density at radius 2 is 1.79 bits per heavy atom. The van der Waals surface area contributed by atoms with Gasteiger partial charge < -0.3 is 14.8 Å². The van der Waals surface area contributed by atoms with Crippen molar-refractivity contribution in [2.45, 2.75) is 69.9 Å². The smallest absolute Gasteiger partial charge is 0.323 e. The Hall–Kier alpha value is -2.30. The van der Waals surface area contributed by atoms with Gasteiger partial charge in [0, 0.05) is 41.9 Å². The van der Waals surface area contributed by atoms with Crippen molar-refractivity contribution in [2.75, 3.05) is 13.1 Å². The highest BCUT2D eigenvalue weighted by Crippen LogP contribution is 2.54. The van der Waals surface area contributed by atoms with E-state index in [2.05, 4.69) is 0 Å². The van der Waals surface area contributed by atoms with Crippen LogP contribution in [-0.4, -0.2) is 52.5 Å². The number of fused-ring (bicyclic) bond motifs is 1. The molecule has 1 saturated heterocycles. The zero-order valence-electron chi connectivity index (χ0n) is 19.5. The van der Waals surface area contributed by atoms with Crippen molar-refractivity contribution in [3.8, 4) is 0 Å². The van der Waals surface area contributed by atoms with Crippen LogP contribution in [0.5, 0.6) is 0 Å². The molecule has 2 N–H and O–H groups in total. The summed E-state index contributed by atoms with van der Waals surface area (Å²) in [5.74, 6) is -4.58. The average Bonchev–Trinajstić information content (AvgIpc) is 3.37. The lowest BCUT2D eigenvalue weighted by atomic mass is 9.71. The monoisotopic (exact) mass is 496 g/mol. The number of halogens is 2. The van der Waals surface area contributed by atoms with Crippen LogP contribution in [0.1, 0.15) is 60.9 Å². The Balaban J connectivity index is 1.87. The predicted octanol–water partition coefficient (Wildman–Crippen LogP) is 3.51. The van der Waals surface area contributed by atoms with Crippen LogP contribution in [0.25, 0.3) is 0 Å². The number of aliphatic hydroxyl groups is 1. The Bertz CT molecular complexity index is 1230. The van der Waals surface area contributed by atoms with Gasteiger partial charge >= 0.3 is 5.97 Å². The maximum atomic E-state index is 15.2. The molecule has 1 unspecified atom stereocenters. The summed E-state index contributed by atoms with van der Waals surface area (Å²) in [6.07, 6.45) is -0.699. The van der Waals surface area contributed by atoms with Gasteiger partial charge in [-0.3, -0.25) is 4.79 Å². The number of aliphatic hydroxyl groups excluding tert-OH is 1. The summed E-state index contributed by atoms with van der Waals surface area (Å²) >= 11 is 0. The Morgan fingerprint density at radius 1 is 1.18 bits per heavy atom. The van der Waals surface area contributed by atoms with Crippen molar-refractivity contribution in [1.82, 2.24) is 8.87 Å². The van der Waals surface area contributed by atoms with Crippen molar-refractivity contribution in [1.29, 1.82) is 0 Å². The maximum Gasteiger partial charge on any atom is 0.323 e. The molecule has 4 rings (SSSR count). The molecule has 0 bridgehead atoms. The molecule has 0 spiro atoms. The number of benzene rings is 1. The molecule has 0 saturated carbocycles. The molecule has 0 radical (unpaired) electrons. The summed E-state index contributed by atoms with van der Waals surface area (Å²) in [5.41, 5.74) is -0.00606. The van der Waals surface area contributed by atoms with Gasteiger partial charge in [-0.05, 0) is 43.4 Å². The molecular weight excluding hydrogens is 466 g/mol. The molecule has 7 nitrogen and oxygen atoms in total. The maximum absolute atomic E-state index is 15.2. The summed E-state index contributed by atoms with van der Waals surface area (Å²) in [5, 5.41) is 20.3. The van der Waals surface area contributed by atoms with Crippen molar-refractivity contribution in [3.05, 3.63) is 52.3 Å². The minimum absolute atomic E-state index is 0.0106. The van der Waals surface area contributed by atoms with Crippen molar-refractivity contribution < 1.29 is 32.2 Å². The number of nitrogens with zero attached hydrogens (tertiary/aromatic N) is 2. The first-order valence-electron chi connectivity index (χ1n) is 11.4. The fourth-order valence-electron chi connectivity index (χ4n) is 5.21. The van der Waals surface area contributed by atoms with Crippen LogP contribution in [0.4, 0.5) is 8.78 Å². The standard InChI is InChI=1S/C24H30F2N2O5S/c1-15-17(12-16-8-4-5-9-19(16)34(32,33)27-10-6-7-11-27)21-18(28(15)14-20(29)30)13-23(2,3)24(25,26)22(21)31/h4-5,8-9,22,31H,6-7,10-14H2,1-3H3,(H,29,30). The summed E-state index contributed by atoms with van der Waals surface area (Å²) in [6, 6.07) is 6.45. The Labute approximate surface area is 198 Å². The Kier molecular flexibility index (Phi) is 6.15. The molecule has 1 aliphatic heterocycles.